The Morgan fingerprint density at radius 3 is 2.75 bits per heavy atom. The maximum absolute atomic E-state index is 12.0. The van der Waals surface area contributed by atoms with Crippen LogP contribution in [0.1, 0.15) is 5.56 Å². The van der Waals surface area contributed by atoms with E-state index in [-0.39, 0.29) is 5.56 Å². The number of nitrogens with zero attached hydrogens (tertiary/aromatic N) is 1. The van der Waals surface area contributed by atoms with Crippen molar-refractivity contribution in [2.45, 2.75) is 6.67 Å². The van der Waals surface area contributed by atoms with Crippen molar-refractivity contribution in [3.63, 3.8) is 0 Å². The third-order valence-corrected chi connectivity index (χ3v) is 1.44. The summed E-state index contributed by atoms with van der Waals surface area (Å²) >= 11 is 0. The summed E-state index contributed by atoms with van der Waals surface area (Å²) in [6.07, 6.45) is 0. The number of phenolic OH excluding ortho intramolecular Hbond substituents is 1. The van der Waals surface area contributed by atoms with Crippen molar-refractivity contribution < 1.29 is 14.4 Å². The van der Waals surface area contributed by atoms with Crippen LogP contribution in [-0.2, 0) is 6.67 Å². The Morgan fingerprint density at radius 1 is 1.58 bits per heavy atom. The van der Waals surface area contributed by atoms with E-state index in [0.29, 0.717) is 0 Å². The van der Waals surface area contributed by atoms with Crippen LogP contribution in [0.25, 0.3) is 0 Å². The van der Waals surface area contributed by atoms with Gasteiger partial charge in [0.15, 0.2) is 5.75 Å². The van der Waals surface area contributed by atoms with Gasteiger partial charge in [-0.25, -0.2) is 4.39 Å². The second-order valence-electron chi connectivity index (χ2n) is 2.18. The largest absolute Gasteiger partial charge is 0.502 e. The van der Waals surface area contributed by atoms with Crippen molar-refractivity contribution in [3.8, 4) is 5.75 Å². The molecule has 0 saturated carbocycles. The first-order valence-electron chi connectivity index (χ1n) is 3.18. The van der Waals surface area contributed by atoms with E-state index in [1.165, 1.54) is 12.1 Å². The van der Waals surface area contributed by atoms with Crippen LogP contribution in [0.2, 0.25) is 0 Å². The molecular formula is C7H6FNO3. The predicted molar refractivity (Wildman–Crippen MR) is 39.6 cm³/mol. The van der Waals surface area contributed by atoms with Crippen LogP contribution in [0, 0.1) is 10.1 Å². The molecule has 0 bridgehead atoms. The highest BCUT2D eigenvalue weighted by Crippen LogP contribution is 2.29. The summed E-state index contributed by atoms with van der Waals surface area (Å²) in [5.74, 6) is -0.593. The highest BCUT2D eigenvalue weighted by molar-refractivity contribution is 5.50. The summed E-state index contributed by atoms with van der Waals surface area (Å²) in [6, 6.07) is 3.74. The van der Waals surface area contributed by atoms with Crippen molar-refractivity contribution in [1.82, 2.24) is 0 Å². The Bertz CT molecular complexity index is 314. The van der Waals surface area contributed by atoms with Gasteiger partial charge in [0.2, 0.25) is 0 Å². The summed E-state index contributed by atoms with van der Waals surface area (Å²) in [4.78, 5) is 9.46. The molecule has 64 valence electrons. The normalized spacial score (nSPS) is 9.75. The van der Waals surface area contributed by atoms with E-state index in [9.17, 15) is 14.5 Å². The van der Waals surface area contributed by atoms with E-state index in [1.54, 1.807) is 0 Å². The number of nitro benzene ring substituents is 1. The Balaban J connectivity index is 3.23. The number of halogens is 1. The first-order chi connectivity index (χ1) is 5.66. The number of hydrogen-bond donors (Lipinski definition) is 1. The predicted octanol–water partition coefficient (Wildman–Crippen LogP) is 1.77. The number of alkyl halides is 1. The van der Waals surface area contributed by atoms with Gasteiger partial charge in [0.1, 0.15) is 6.67 Å². The molecule has 5 heteroatoms. The molecule has 0 radical (unpaired) electrons. The van der Waals surface area contributed by atoms with Crippen molar-refractivity contribution in [2.24, 2.45) is 0 Å². The molecule has 0 unspecified atom stereocenters. The monoisotopic (exact) mass is 171 g/mol. The maximum Gasteiger partial charge on any atom is 0.311 e. The lowest BCUT2D eigenvalue weighted by Crippen LogP contribution is -1.90. The van der Waals surface area contributed by atoms with Gasteiger partial charge < -0.3 is 5.11 Å². The summed E-state index contributed by atoms with van der Waals surface area (Å²) < 4.78 is 12.0. The quantitative estimate of drug-likeness (QED) is 0.544. The summed E-state index contributed by atoms with van der Waals surface area (Å²) in [5, 5.41) is 19.3. The van der Waals surface area contributed by atoms with Crippen molar-refractivity contribution in [3.05, 3.63) is 33.9 Å². The number of hydrogen-bond acceptors (Lipinski definition) is 3. The number of aromatic hydroxyl groups is 1. The molecule has 4 nitrogen and oxygen atoms in total. The zero-order valence-electron chi connectivity index (χ0n) is 6.03. The number of phenols is 1. The highest BCUT2D eigenvalue weighted by atomic mass is 19.1. The number of rotatable bonds is 2. The van der Waals surface area contributed by atoms with Crippen LogP contribution in [-0.4, -0.2) is 10.0 Å². The van der Waals surface area contributed by atoms with E-state index in [1.807, 2.05) is 0 Å². The van der Waals surface area contributed by atoms with Gasteiger partial charge in [0.25, 0.3) is 0 Å². The SMILES string of the molecule is O=[N+]([O-])c1cccc(CF)c1O. The van der Waals surface area contributed by atoms with E-state index in [4.69, 9.17) is 5.11 Å². The maximum atomic E-state index is 12.0. The Morgan fingerprint density at radius 2 is 2.25 bits per heavy atom. The van der Waals surface area contributed by atoms with Crippen LogP contribution >= 0.6 is 0 Å². The number of para-hydroxylation sites is 1. The van der Waals surface area contributed by atoms with Gasteiger partial charge in [-0.15, -0.1) is 0 Å². The highest BCUT2D eigenvalue weighted by Gasteiger charge is 2.15. The van der Waals surface area contributed by atoms with Gasteiger partial charge in [0.05, 0.1) is 4.92 Å². The fourth-order valence-corrected chi connectivity index (χ4v) is 0.833. The first-order valence-corrected chi connectivity index (χ1v) is 3.18. The average molecular weight is 171 g/mol. The lowest BCUT2D eigenvalue weighted by atomic mass is 10.2. The summed E-state index contributed by atoms with van der Waals surface area (Å²) in [6.45, 7) is -0.909. The molecule has 1 aromatic rings. The molecular weight excluding hydrogens is 165 g/mol. The van der Waals surface area contributed by atoms with Crippen LogP contribution in [0.4, 0.5) is 10.1 Å². The molecule has 0 aliphatic rings. The molecule has 1 N–H and O–H groups in total. The lowest BCUT2D eigenvalue weighted by molar-refractivity contribution is -0.386. The number of nitro groups is 1. The smallest absolute Gasteiger partial charge is 0.311 e. The number of benzene rings is 1. The zero-order valence-corrected chi connectivity index (χ0v) is 6.03. The van der Waals surface area contributed by atoms with E-state index in [2.05, 4.69) is 0 Å². The molecule has 0 aliphatic carbocycles. The van der Waals surface area contributed by atoms with E-state index in [0.717, 1.165) is 6.07 Å². The average Bonchev–Trinajstić information content (AvgIpc) is 2.04. The minimum atomic E-state index is -0.909. The van der Waals surface area contributed by atoms with Gasteiger partial charge in [-0.2, -0.15) is 0 Å². The fourth-order valence-electron chi connectivity index (χ4n) is 0.833. The second-order valence-corrected chi connectivity index (χ2v) is 2.18. The van der Waals surface area contributed by atoms with E-state index < -0.39 is 23.0 Å². The summed E-state index contributed by atoms with van der Waals surface area (Å²) in [7, 11) is 0. The molecule has 0 aliphatic heterocycles. The Kier molecular flexibility index (Phi) is 2.23. The molecule has 0 atom stereocenters. The van der Waals surface area contributed by atoms with E-state index >= 15 is 0 Å². The van der Waals surface area contributed by atoms with Crippen molar-refractivity contribution in [1.29, 1.82) is 0 Å². The molecule has 1 aromatic carbocycles. The van der Waals surface area contributed by atoms with Crippen molar-refractivity contribution in [2.75, 3.05) is 0 Å². The van der Waals surface area contributed by atoms with Crippen molar-refractivity contribution >= 4 is 5.69 Å². The summed E-state index contributed by atoms with van der Waals surface area (Å²) in [5.41, 5.74) is -0.533. The molecule has 0 aromatic heterocycles. The topological polar surface area (TPSA) is 63.4 Å². The molecule has 12 heavy (non-hydrogen) atoms. The second kappa shape index (κ2) is 3.17. The first kappa shape index (κ1) is 8.45. The van der Waals surface area contributed by atoms with Gasteiger partial charge in [-0.3, -0.25) is 10.1 Å². The third kappa shape index (κ3) is 1.34. The minimum absolute atomic E-state index is 0.0656. The Labute approximate surface area is 67.4 Å². The zero-order chi connectivity index (χ0) is 9.14. The lowest BCUT2D eigenvalue weighted by Gasteiger charge is -1.98. The van der Waals surface area contributed by atoms with Crippen LogP contribution in [0.5, 0.6) is 5.75 Å². The van der Waals surface area contributed by atoms with Crippen LogP contribution in [0.15, 0.2) is 18.2 Å². The van der Waals surface area contributed by atoms with Crippen LogP contribution in [0.3, 0.4) is 0 Å². The molecule has 0 fully saturated rings. The molecule has 0 spiro atoms. The molecule has 0 heterocycles. The standard InChI is InChI=1S/C7H6FNO3/c8-4-5-2-1-3-6(7(5)10)9(11)12/h1-3,10H,4H2. The van der Waals surface area contributed by atoms with Gasteiger partial charge in [-0.05, 0) is 0 Å². The molecule has 0 amide bonds. The minimum Gasteiger partial charge on any atom is -0.502 e. The molecule has 1 rings (SSSR count). The van der Waals surface area contributed by atoms with Gasteiger partial charge in [0, 0.05) is 11.6 Å². The third-order valence-electron chi connectivity index (χ3n) is 1.44. The fraction of sp³-hybridized carbons (Fsp3) is 0.143. The van der Waals surface area contributed by atoms with Gasteiger partial charge >= 0.3 is 5.69 Å². The van der Waals surface area contributed by atoms with Crippen LogP contribution < -0.4 is 0 Å². The molecule has 0 saturated heterocycles. The van der Waals surface area contributed by atoms with Gasteiger partial charge in [-0.1, -0.05) is 12.1 Å². The Hall–Kier alpha value is -1.65.